The Labute approximate surface area is 213 Å². The third kappa shape index (κ3) is 8.32. The van der Waals surface area contributed by atoms with Crippen LogP contribution in [0.5, 0.6) is 0 Å². The summed E-state index contributed by atoms with van der Waals surface area (Å²) in [5, 5.41) is 14.0. The van der Waals surface area contributed by atoms with Crippen LogP contribution in [0.3, 0.4) is 0 Å². The molecule has 0 radical (unpaired) electrons. The van der Waals surface area contributed by atoms with Gasteiger partial charge in [0.05, 0.1) is 16.9 Å². The van der Waals surface area contributed by atoms with Crippen molar-refractivity contribution in [1.82, 2.24) is 10.2 Å². The number of nitro groups is 1. The lowest BCUT2D eigenvalue weighted by Crippen LogP contribution is -2.54. The van der Waals surface area contributed by atoms with Gasteiger partial charge in [-0.05, 0) is 51.5 Å². The summed E-state index contributed by atoms with van der Waals surface area (Å²) in [5.41, 5.74) is -0.154. The van der Waals surface area contributed by atoms with Gasteiger partial charge in [-0.1, -0.05) is 34.1 Å². The van der Waals surface area contributed by atoms with E-state index >= 15 is 0 Å². The van der Waals surface area contributed by atoms with Gasteiger partial charge in [0.2, 0.25) is 21.8 Å². The maximum atomic E-state index is 13.5. The van der Waals surface area contributed by atoms with Gasteiger partial charge in [0, 0.05) is 28.7 Å². The summed E-state index contributed by atoms with van der Waals surface area (Å²) in [7, 11) is -3.99. The number of carbonyl (C=O) groups excluding carboxylic acids is 2. The van der Waals surface area contributed by atoms with Gasteiger partial charge < -0.3 is 10.2 Å². The van der Waals surface area contributed by atoms with E-state index in [0.29, 0.717) is 0 Å². The quantitative estimate of drug-likeness (QED) is 0.364. The normalized spacial score (nSPS) is 12.5. The number of hydrogen-bond acceptors (Lipinski definition) is 6. The van der Waals surface area contributed by atoms with Crippen molar-refractivity contribution in [2.45, 2.75) is 45.8 Å². The van der Waals surface area contributed by atoms with Gasteiger partial charge in [-0.15, -0.1) is 0 Å². The van der Waals surface area contributed by atoms with Crippen molar-refractivity contribution >= 4 is 49.1 Å². The van der Waals surface area contributed by atoms with Crippen molar-refractivity contribution in [3.8, 4) is 0 Å². The molecule has 1 atom stereocenters. The van der Waals surface area contributed by atoms with Crippen LogP contribution in [0.1, 0.15) is 33.3 Å². The summed E-state index contributed by atoms with van der Waals surface area (Å²) < 4.78 is 26.7. The zero-order valence-corrected chi connectivity index (χ0v) is 22.6. The largest absolute Gasteiger partial charge is 0.350 e. The molecule has 1 unspecified atom stereocenters. The Balaban J connectivity index is 2.45. The first kappa shape index (κ1) is 28.2. The van der Waals surface area contributed by atoms with Crippen molar-refractivity contribution in [1.29, 1.82) is 0 Å². The molecule has 10 nitrogen and oxygen atoms in total. The average Bonchev–Trinajstić information content (AvgIpc) is 2.73. The summed E-state index contributed by atoms with van der Waals surface area (Å²) in [6.07, 6.45) is 0.910. The Bertz CT molecular complexity index is 1210. The molecule has 0 aliphatic rings. The van der Waals surface area contributed by atoms with E-state index in [0.717, 1.165) is 26.7 Å². The fraction of sp³-hybridized carbons (Fsp3) is 0.391. The van der Waals surface area contributed by atoms with Crippen molar-refractivity contribution in [3.05, 3.63) is 68.7 Å². The highest BCUT2D eigenvalue weighted by atomic mass is 79.9. The number of carbonyl (C=O) groups is 2. The summed E-state index contributed by atoms with van der Waals surface area (Å²) in [4.78, 5) is 38.2. The number of rotatable bonds is 9. The topological polar surface area (TPSA) is 130 Å². The maximum absolute atomic E-state index is 13.5. The number of amides is 2. The Morgan fingerprint density at radius 2 is 1.77 bits per heavy atom. The Hall–Kier alpha value is -2.99. The molecule has 0 fully saturated rings. The van der Waals surface area contributed by atoms with Crippen molar-refractivity contribution in [2.24, 2.45) is 0 Å². The number of hydrogen-bond donors (Lipinski definition) is 1. The van der Waals surface area contributed by atoms with E-state index in [-0.39, 0.29) is 17.9 Å². The van der Waals surface area contributed by atoms with E-state index in [4.69, 9.17) is 0 Å². The lowest BCUT2D eigenvalue weighted by atomic mass is 10.1. The molecule has 0 saturated heterocycles. The fourth-order valence-electron chi connectivity index (χ4n) is 3.26. The van der Waals surface area contributed by atoms with Crippen LogP contribution in [0.25, 0.3) is 0 Å². The number of anilines is 1. The van der Waals surface area contributed by atoms with Gasteiger partial charge in [0.15, 0.2) is 0 Å². The van der Waals surface area contributed by atoms with Crippen molar-refractivity contribution < 1.29 is 22.9 Å². The Kier molecular flexibility index (Phi) is 9.01. The predicted molar refractivity (Wildman–Crippen MR) is 137 cm³/mol. The lowest BCUT2D eigenvalue weighted by molar-refractivity contribution is -0.384. The van der Waals surface area contributed by atoms with Crippen LogP contribution in [-0.4, -0.2) is 54.4 Å². The summed E-state index contributed by atoms with van der Waals surface area (Å²) >= 11 is 3.38. The second-order valence-electron chi connectivity index (χ2n) is 9.11. The minimum absolute atomic E-state index is 0.0238. The number of nitro benzene ring substituents is 1. The fourth-order valence-corrected chi connectivity index (χ4v) is 4.55. The molecule has 0 saturated carbocycles. The molecular weight excluding hydrogens is 540 g/mol. The first-order valence-corrected chi connectivity index (χ1v) is 13.3. The van der Waals surface area contributed by atoms with Crippen LogP contribution in [-0.2, 0) is 26.2 Å². The highest BCUT2D eigenvalue weighted by molar-refractivity contribution is 9.10. The number of sulfonamides is 1. The van der Waals surface area contributed by atoms with Crippen molar-refractivity contribution in [2.75, 3.05) is 17.1 Å². The van der Waals surface area contributed by atoms with Gasteiger partial charge in [-0.25, -0.2) is 8.42 Å². The van der Waals surface area contributed by atoms with E-state index in [1.807, 2.05) is 26.8 Å². The van der Waals surface area contributed by atoms with Gasteiger partial charge >= 0.3 is 0 Å². The molecule has 0 aliphatic carbocycles. The number of halogens is 1. The van der Waals surface area contributed by atoms with Gasteiger partial charge in [0.1, 0.15) is 12.6 Å². The van der Waals surface area contributed by atoms with Gasteiger partial charge in [-0.2, -0.15) is 0 Å². The van der Waals surface area contributed by atoms with Crippen LogP contribution in [0.2, 0.25) is 0 Å². The molecule has 2 rings (SSSR count). The lowest BCUT2D eigenvalue weighted by Gasteiger charge is -2.33. The van der Waals surface area contributed by atoms with Crippen molar-refractivity contribution in [3.63, 3.8) is 0 Å². The summed E-state index contributed by atoms with van der Waals surface area (Å²) in [5.74, 6) is -1.04. The van der Waals surface area contributed by atoms with Gasteiger partial charge in [0.25, 0.3) is 5.69 Å². The predicted octanol–water partition coefficient (Wildman–Crippen LogP) is 3.46. The van der Waals surface area contributed by atoms with E-state index < -0.39 is 44.9 Å². The number of benzene rings is 2. The first-order chi connectivity index (χ1) is 16.1. The molecular formula is C23H29BrN4O6S. The molecule has 0 aliphatic heterocycles. The molecule has 2 amide bonds. The number of nitrogens with zero attached hydrogens (tertiary/aromatic N) is 3. The summed E-state index contributed by atoms with van der Waals surface area (Å²) in [6, 6.07) is 11.3. The minimum Gasteiger partial charge on any atom is -0.350 e. The zero-order valence-electron chi connectivity index (χ0n) is 20.2. The molecule has 2 aromatic rings. The maximum Gasteiger partial charge on any atom is 0.271 e. The first-order valence-electron chi connectivity index (χ1n) is 10.7. The van der Waals surface area contributed by atoms with Crippen LogP contribution in [0, 0.1) is 10.1 Å². The smallest absolute Gasteiger partial charge is 0.271 e. The van der Waals surface area contributed by atoms with Gasteiger partial charge in [-0.3, -0.25) is 24.0 Å². The average molecular weight is 569 g/mol. The van der Waals surface area contributed by atoms with E-state index in [2.05, 4.69) is 21.2 Å². The van der Waals surface area contributed by atoms with Crippen LogP contribution < -0.4 is 9.62 Å². The monoisotopic (exact) mass is 568 g/mol. The zero-order chi connectivity index (χ0) is 26.6. The highest BCUT2D eigenvalue weighted by Gasteiger charge is 2.31. The second kappa shape index (κ2) is 11.2. The number of non-ortho nitro benzene ring substituents is 1. The molecule has 0 bridgehead atoms. The number of nitrogens with one attached hydrogen (secondary N) is 1. The van der Waals surface area contributed by atoms with E-state index in [1.54, 1.807) is 25.1 Å². The molecule has 0 aromatic heterocycles. The molecule has 2 aromatic carbocycles. The third-order valence-electron chi connectivity index (χ3n) is 4.92. The minimum atomic E-state index is -3.99. The van der Waals surface area contributed by atoms with Crippen LogP contribution >= 0.6 is 15.9 Å². The molecule has 35 heavy (non-hydrogen) atoms. The van der Waals surface area contributed by atoms with Crippen LogP contribution in [0.4, 0.5) is 11.4 Å². The van der Waals surface area contributed by atoms with E-state index in [1.165, 1.54) is 23.1 Å². The third-order valence-corrected chi connectivity index (χ3v) is 6.55. The molecule has 0 spiro atoms. The molecule has 190 valence electrons. The molecule has 0 heterocycles. The second-order valence-corrected chi connectivity index (χ2v) is 11.9. The Morgan fingerprint density at radius 1 is 1.14 bits per heavy atom. The van der Waals surface area contributed by atoms with E-state index in [9.17, 15) is 28.1 Å². The highest BCUT2D eigenvalue weighted by Crippen LogP contribution is 2.24. The molecule has 12 heteroatoms. The SMILES string of the molecule is CC(C(=O)NC(C)(C)C)N(Cc1cccc(Br)c1)C(=O)CN(c1cccc([N+](=O)[O-])c1)S(C)(=O)=O. The Morgan fingerprint density at radius 3 is 2.31 bits per heavy atom. The summed E-state index contributed by atoms with van der Waals surface area (Å²) in [6.45, 7) is 6.41. The molecule has 1 N–H and O–H groups in total. The van der Waals surface area contributed by atoms with Crippen LogP contribution in [0.15, 0.2) is 53.0 Å². The standard InChI is InChI=1S/C23H29BrN4O6S/c1-16(22(30)25-23(2,3)4)26(14-17-8-6-9-18(24)12-17)21(29)15-27(35(5,33)34)19-10-7-11-20(13-19)28(31)32/h6-13,16H,14-15H2,1-5H3,(H,25,30).